The molecule has 0 unspecified atom stereocenters. The molecule has 0 saturated heterocycles. The number of nitrogens with one attached hydrogen (secondary N) is 1. The molecule has 1 heterocycles. The molecular weight excluding hydrogens is 493 g/mol. The Kier molecular flexibility index (Phi) is 7.47. The molecule has 0 aliphatic carbocycles. The molecule has 4 rings (SSSR count). The topological polar surface area (TPSA) is 56.2 Å². The quantitative estimate of drug-likeness (QED) is 0.281. The number of halogens is 3. The zero-order valence-electron chi connectivity index (χ0n) is 18.6. The third-order valence-corrected chi connectivity index (χ3v) is 6.57. The summed E-state index contributed by atoms with van der Waals surface area (Å²) in [6.07, 6.45) is 0. The second-order valence-electron chi connectivity index (χ2n) is 7.79. The number of carbonyl (C=O) groups is 1. The van der Waals surface area contributed by atoms with Gasteiger partial charge in [-0.2, -0.15) is 5.10 Å². The van der Waals surface area contributed by atoms with Crippen LogP contribution in [0.5, 0.6) is 5.75 Å². The molecule has 0 spiro atoms. The fourth-order valence-corrected chi connectivity index (χ4v) is 4.11. The number of aromatic nitrogens is 2. The molecule has 5 nitrogen and oxygen atoms in total. The van der Waals surface area contributed by atoms with Gasteiger partial charge in [-0.15, -0.1) is 0 Å². The number of nitrogens with zero attached hydrogens (tertiary/aromatic N) is 2. The summed E-state index contributed by atoms with van der Waals surface area (Å²) in [7, 11) is 0. The molecule has 174 valence electrons. The van der Waals surface area contributed by atoms with Crippen molar-refractivity contribution in [2.45, 2.75) is 27.0 Å². The third kappa shape index (κ3) is 5.39. The number of amides is 1. The first-order valence-electron chi connectivity index (χ1n) is 10.6. The van der Waals surface area contributed by atoms with Crippen LogP contribution in [0.3, 0.4) is 0 Å². The predicted molar refractivity (Wildman–Crippen MR) is 137 cm³/mol. The Morgan fingerprint density at radius 3 is 2.50 bits per heavy atom. The normalized spacial score (nSPS) is 10.9. The zero-order chi connectivity index (χ0) is 24.2. The lowest BCUT2D eigenvalue weighted by atomic mass is 10.1. The predicted octanol–water partition coefficient (Wildman–Crippen LogP) is 7.34. The van der Waals surface area contributed by atoms with Crippen LogP contribution in [-0.4, -0.2) is 15.7 Å². The number of hydrogen-bond acceptors (Lipinski definition) is 3. The summed E-state index contributed by atoms with van der Waals surface area (Å²) in [5, 5.41) is 9.05. The molecule has 1 N–H and O–H groups in total. The maximum Gasteiger partial charge on any atom is 0.255 e. The summed E-state index contributed by atoms with van der Waals surface area (Å²) < 4.78 is 7.63. The van der Waals surface area contributed by atoms with Crippen LogP contribution in [0.25, 0.3) is 0 Å². The van der Waals surface area contributed by atoms with E-state index in [1.54, 1.807) is 30.3 Å². The van der Waals surface area contributed by atoms with Crippen molar-refractivity contribution in [2.24, 2.45) is 0 Å². The van der Waals surface area contributed by atoms with E-state index in [1.165, 1.54) is 0 Å². The molecule has 0 aliphatic rings. The molecule has 0 fully saturated rings. The summed E-state index contributed by atoms with van der Waals surface area (Å²) in [5.74, 6) is 0.257. The first-order chi connectivity index (χ1) is 16.3. The SMILES string of the molecule is Cc1nn(Cc2ccccc2Cl)c(C)c1NC(=O)c1cccc(COc2cccc(Cl)c2Cl)c1. The van der Waals surface area contributed by atoms with Gasteiger partial charge < -0.3 is 10.1 Å². The molecule has 1 amide bonds. The van der Waals surface area contributed by atoms with Crippen LogP contribution < -0.4 is 10.1 Å². The average molecular weight is 515 g/mol. The molecule has 0 bridgehead atoms. The maximum absolute atomic E-state index is 13.0. The monoisotopic (exact) mass is 513 g/mol. The van der Waals surface area contributed by atoms with Gasteiger partial charge in [0.25, 0.3) is 5.91 Å². The minimum Gasteiger partial charge on any atom is -0.487 e. The van der Waals surface area contributed by atoms with Gasteiger partial charge in [-0.3, -0.25) is 9.48 Å². The number of aryl methyl sites for hydroxylation is 1. The molecule has 0 radical (unpaired) electrons. The van der Waals surface area contributed by atoms with Crippen molar-refractivity contribution in [3.63, 3.8) is 0 Å². The molecule has 34 heavy (non-hydrogen) atoms. The smallest absolute Gasteiger partial charge is 0.255 e. The summed E-state index contributed by atoms with van der Waals surface area (Å²) in [6.45, 7) is 4.55. The largest absolute Gasteiger partial charge is 0.487 e. The zero-order valence-corrected chi connectivity index (χ0v) is 20.9. The Morgan fingerprint density at radius 1 is 0.971 bits per heavy atom. The van der Waals surface area contributed by atoms with Crippen molar-refractivity contribution in [1.29, 1.82) is 0 Å². The van der Waals surface area contributed by atoms with Crippen LogP contribution in [0.4, 0.5) is 5.69 Å². The van der Waals surface area contributed by atoms with Gasteiger partial charge in [-0.05, 0) is 55.3 Å². The fraction of sp³-hybridized carbons (Fsp3) is 0.154. The van der Waals surface area contributed by atoms with Crippen LogP contribution in [0.1, 0.15) is 32.9 Å². The lowest BCUT2D eigenvalue weighted by Gasteiger charge is -2.11. The number of carbonyl (C=O) groups excluding carboxylic acids is 1. The van der Waals surface area contributed by atoms with Crippen LogP contribution in [0, 0.1) is 13.8 Å². The van der Waals surface area contributed by atoms with Crippen LogP contribution in [0.15, 0.2) is 66.7 Å². The van der Waals surface area contributed by atoms with E-state index in [0.717, 1.165) is 22.5 Å². The van der Waals surface area contributed by atoms with Crippen molar-refractivity contribution in [2.75, 3.05) is 5.32 Å². The van der Waals surface area contributed by atoms with Crippen molar-refractivity contribution < 1.29 is 9.53 Å². The maximum atomic E-state index is 13.0. The number of rotatable bonds is 7. The summed E-state index contributed by atoms with van der Waals surface area (Å²) in [4.78, 5) is 13.0. The van der Waals surface area contributed by atoms with Gasteiger partial charge in [0.2, 0.25) is 0 Å². The van der Waals surface area contributed by atoms with E-state index in [4.69, 9.17) is 39.5 Å². The van der Waals surface area contributed by atoms with E-state index in [1.807, 2.05) is 54.9 Å². The summed E-state index contributed by atoms with van der Waals surface area (Å²) in [6, 6.07) is 20.1. The highest BCUT2D eigenvalue weighted by Gasteiger charge is 2.16. The van der Waals surface area contributed by atoms with E-state index >= 15 is 0 Å². The van der Waals surface area contributed by atoms with Crippen LogP contribution in [-0.2, 0) is 13.2 Å². The number of ether oxygens (including phenoxy) is 1. The van der Waals surface area contributed by atoms with Gasteiger partial charge in [0.15, 0.2) is 0 Å². The molecule has 1 aromatic heterocycles. The molecule has 3 aromatic carbocycles. The van der Waals surface area contributed by atoms with Gasteiger partial charge >= 0.3 is 0 Å². The van der Waals surface area contributed by atoms with Crippen molar-refractivity contribution in [1.82, 2.24) is 9.78 Å². The second-order valence-corrected chi connectivity index (χ2v) is 8.98. The van der Waals surface area contributed by atoms with E-state index in [2.05, 4.69) is 10.4 Å². The number of benzene rings is 3. The van der Waals surface area contributed by atoms with Gasteiger partial charge in [0.1, 0.15) is 17.4 Å². The van der Waals surface area contributed by atoms with Crippen LogP contribution >= 0.6 is 34.8 Å². The van der Waals surface area contributed by atoms with E-state index in [-0.39, 0.29) is 12.5 Å². The Bertz CT molecular complexity index is 1350. The Labute approximate surface area is 213 Å². The minimum atomic E-state index is -0.230. The first kappa shape index (κ1) is 24.1. The highest BCUT2D eigenvalue weighted by molar-refractivity contribution is 6.42. The van der Waals surface area contributed by atoms with Crippen molar-refractivity contribution >= 4 is 46.4 Å². The first-order valence-corrected chi connectivity index (χ1v) is 11.7. The Balaban J connectivity index is 1.47. The van der Waals surface area contributed by atoms with Gasteiger partial charge in [0.05, 0.1) is 28.6 Å². The number of anilines is 1. The molecule has 4 aromatic rings. The van der Waals surface area contributed by atoms with Crippen molar-refractivity contribution in [3.8, 4) is 5.75 Å². The van der Waals surface area contributed by atoms with E-state index in [9.17, 15) is 4.79 Å². The second kappa shape index (κ2) is 10.5. The van der Waals surface area contributed by atoms with Gasteiger partial charge in [-0.25, -0.2) is 0 Å². The fourth-order valence-electron chi connectivity index (χ4n) is 3.56. The van der Waals surface area contributed by atoms with Crippen molar-refractivity contribution in [3.05, 3.63) is 110 Å². The summed E-state index contributed by atoms with van der Waals surface area (Å²) >= 11 is 18.5. The average Bonchev–Trinajstić information content (AvgIpc) is 3.09. The molecule has 8 heteroatoms. The minimum absolute atomic E-state index is 0.230. The molecular formula is C26H22Cl3N3O2. The Morgan fingerprint density at radius 2 is 1.71 bits per heavy atom. The lowest BCUT2D eigenvalue weighted by Crippen LogP contribution is -2.14. The molecule has 0 atom stereocenters. The standard InChI is InChI=1S/C26H22Cl3N3O2/c1-16-25(17(2)32(31-16)14-20-8-3-4-10-21(20)27)30-26(33)19-9-5-7-18(13-19)15-34-23-12-6-11-22(28)24(23)29/h3-13H,14-15H2,1-2H3,(H,30,33). The van der Waals surface area contributed by atoms with E-state index in [0.29, 0.717) is 38.6 Å². The van der Waals surface area contributed by atoms with Crippen LogP contribution in [0.2, 0.25) is 15.1 Å². The van der Waals surface area contributed by atoms with E-state index < -0.39 is 0 Å². The van der Waals surface area contributed by atoms with Gasteiger partial charge in [0, 0.05) is 10.6 Å². The highest BCUT2D eigenvalue weighted by Crippen LogP contribution is 2.32. The number of hydrogen-bond donors (Lipinski definition) is 1. The molecule has 0 saturated carbocycles. The summed E-state index contributed by atoms with van der Waals surface area (Å²) in [5.41, 5.74) is 4.56. The lowest BCUT2D eigenvalue weighted by molar-refractivity contribution is 0.102. The molecule has 0 aliphatic heterocycles. The Hall–Kier alpha value is -2.99. The highest BCUT2D eigenvalue weighted by atomic mass is 35.5. The third-order valence-electron chi connectivity index (χ3n) is 5.40. The van der Waals surface area contributed by atoms with Gasteiger partial charge in [-0.1, -0.05) is 71.2 Å².